The lowest BCUT2D eigenvalue weighted by Gasteiger charge is -2.38. The molecule has 0 aliphatic rings. The van der Waals surface area contributed by atoms with Gasteiger partial charge in [-0.25, -0.2) is 8.78 Å². The molecule has 1 aromatic rings. The Labute approximate surface area is 101 Å². The number of aryl methyl sites for hydroxylation is 1. The van der Waals surface area contributed by atoms with Crippen LogP contribution in [0.4, 0.5) is 8.78 Å². The molecule has 2 N–H and O–H groups in total. The molecule has 2 nitrogen and oxygen atoms in total. The smallest absolute Gasteiger partial charge is 0.133 e. The van der Waals surface area contributed by atoms with Gasteiger partial charge in [0, 0.05) is 11.1 Å². The van der Waals surface area contributed by atoms with Crippen molar-refractivity contribution in [1.82, 2.24) is 4.90 Å². The van der Waals surface area contributed by atoms with E-state index in [4.69, 9.17) is 5.73 Å². The quantitative estimate of drug-likeness (QED) is 0.882. The zero-order valence-corrected chi connectivity index (χ0v) is 11.0. The largest absolute Gasteiger partial charge is 0.322 e. The molecule has 1 rings (SSSR count). The van der Waals surface area contributed by atoms with E-state index in [9.17, 15) is 8.78 Å². The first-order valence-corrected chi connectivity index (χ1v) is 5.57. The maximum absolute atomic E-state index is 14.0. The maximum Gasteiger partial charge on any atom is 0.133 e. The molecular weight excluding hydrogens is 222 g/mol. The zero-order valence-electron chi connectivity index (χ0n) is 11.0. The Hall–Kier alpha value is -1.00. The molecule has 1 unspecified atom stereocenters. The highest BCUT2D eigenvalue weighted by molar-refractivity contribution is 5.31. The maximum atomic E-state index is 14.0. The van der Waals surface area contributed by atoms with Gasteiger partial charge in [0.15, 0.2) is 0 Å². The molecule has 1 aromatic carbocycles. The summed E-state index contributed by atoms with van der Waals surface area (Å²) in [5.41, 5.74) is 5.86. The van der Waals surface area contributed by atoms with E-state index in [1.807, 2.05) is 32.8 Å². The predicted molar refractivity (Wildman–Crippen MR) is 65.8 cm³/mol. The number of rotatable bonds is 3. The number of hydrogen-bond acceptors (Lipinski definition) is 2. The van der Waals surface area contributed by atoms with Gasteiger partial charge in [-0.05, 0) is 46.5 Å². The van der Waals surface area contributed by atoms with Crippen molar-refractivity contribution in [3.63, 3.8) is 0 Å². The highest BCUT2D eigenvalue weighted by Gasteiger charge is 2.33. The molecule has 0 spiro atoms. The third-order valence-corrected chi connectivity index (χ3v) is 3.54. The van der Waals surface area contributed by atoms with Crippen LogP contribution in [0.25, 0.3) is 0 Å². The number of likely N-dealkylation sites (N-methyl/N-ethyl adjacent to an activating group) is 1. The summed E-state index contributed by atoms with van der Waals surface area (Å²) in [7, 11) is 3.68. The van der Waals surface area contributed by atoms with Gasteiger partial charge in [-0.1, -0.05) is 6.07 Å². The van der Waals surface area contributed by atoms with E-state index in [1.54, 1.807) is 6.92 Å². The first kappa shape index (κ1) is 14.1. The van der Waals surface area contributed by atoms with Gasteiger partial charge < -0.3 is 10.6 Å². The summed E-state index contributed by atoms with van der Waals surface area (Å²) >= 11 is 0. The molecule has 0 saturated carbocycles. The van der Waals surface area contributed by atoms with E-state index in [0.717, 1.165) is 0 Å². The van der Waals surface area contributed by atoms with E-state index in [0.29, 0.717) is 5.56 Å². The topological polar surface area (TPSA) is 29.3 Å². The molecule has 0 heterocycles. The fraction of sp³-hybridized carbons (Fsp3) is 0.538. The zero-order chi connectivity index (χ0) is 13.4. The molecule has 0 radical (unpaired) electrons. The second-order valence-electron chi connectivity index (χ2n) is 5.12. The summed E-state index contributed by atoms with van der Waals surface area (Å²) in [6.07, 6.45) is 0. The summed E-state index contributed by atoms with van der Waals surface area (Å²) < 4.78 is 27.7. The van der Waals surface area contributed by atoms with Crippen molar-refractivity contribution in [2.75, 3.05) is 14.1 Å². The molecule has 0 bridgehead atoms. The lowest BCUT2D eigenvalue weighted by molar-refractivity contribution is 0.154. The predicted octanol–water partition coefficient (Wildman–Crippen LogP) is 2.61. The van der Waals surface area contributed by atoms with Crippen LogP contribution < -0.4 is 5.73 Å². The minimum Gasteiger partial charge on any atom is -0.322 e. The number of halogens is 2. The standard InChI is InChI=1S/C13H20F2N2/c1-8-6-7-9(14)10(11(8)15)12(16)13(2,3)17(4)5/h6-7,12H,16H2,1-5H3. The molecule has 17 heavy (non-hydrogen) atoms. The van der Waals surface area contributed by atoms with Gasteiger partial charge in [-0.2, -0.15) is 0 Å². The minimum absolute atomic E-state index is 0.0382. The second-order valence-corrected chi connectivity index (χ2v) is 5.12. The van der Waals surface area contributed by atoms with Gasteiger partial charge in [-0.15, -0.1) is 0 Å². The molecular formula is C13H20F2N2. The first-order chi connectivity index (χ1) is 7.69. The van der Waals surface area contributed by atoms with Crippen LogP contribution in [0.1, 0.15) is 31.0 Å². The molecule has 96 valence electrons. The SMILES string of the molecule is Cc1ccc(F)c(C(N)C(C)(C)N(C)C)c1F. The number of nitrogens with two attached hydrogens (primary N) is 1. The lowest BCUT2D eigenvalue weighted by atomic mass is 9.87. The van der Waals surface area contributed by atoms with Gasteiger partial charge in [0.05, 0.1) is 6.04 Å². The van der Waals surface area contributed by atoms with Crippen LogP contribution in [0, 0.1) is 18.6 Å². The Morgan fingerprint density at radius 2 is 1.76 bits per heavy atom. The average molecular weight is 242 g/mol. The molecule has 0 saturated heterocycles. The van der Waals surface area contributed by atoms with Crippen LogP contribution in [0.2, 0.25) is 0 Å². The number of benzene rings is 1. The van der Waals surface area contributed by atoms with Crippen molar-refractivity contribution < 1.29 is 8.78 Å². The van der Waals surface area contributed by atoms with E-state index in [1.165, 1.54) is 12.1 Å². The normalized spacial score (nSPS) is 14.2. The van der Waals surface area contributed by atoms with Crippen LogP contribution >= 0.6 is 0 Å². The lowest BCUT2D eigenvalue weighted by Crippen LogP contribution is -2.48. The highest BCUT2D eigenvalue weighted by Crippen LogP contribution is 2.31. The molecule has 0 amide bonds. The van der Waals surface area contributed by atoms with Crippen molar-refractivity contribution in [1.29, 1.82) is 0 Å². The fourth-order valence-corrected chi connectivity index (χ4v) is 1.59. The van der Waals surface area contributed by atoms with Crippen LogP contribution in [0.3, 0.4) is 0 Å². The van der Waals surface area contributed by atoms with Gasteiger partial charge in [0.2, 0.25) is 0 Å². The fourth-order valence-electron chi connectivity index (χ4n) is 1.59. The van der Waals surface area contributed by atoms with E-state index in [2.05, 4.69) is 0 Å². The van der Waals surface area contributed by atoms with Crippen molar-refractivity contribution in [2.24, 2.45) is 5.73 Å². The van der Waals surface area contributed by atoms with E-state index >= 15 is 0 Å². The van der Waals surface area contributed by atoms with Crippen LogP contribution in [-0.4, -0.2) is 24.5 Å². The Bertz CT molecular complexity index is 414. The number of hydrogen-bond donors (Lipinski definition) is 1. The van der Waals surface area contributed by atoms with Crippen LogP contribution in [0.15, 0.2) is 12.1 Å². The Morgan fingerprint density at radius 1 is 1.24 bits per heavy atom. The summed E-state index contributed by atoms with van der Waals surface area (Å²) in [5, 5.41) is 0. The summed E-state index contributed by atoms with van der Waals surface area (Å²) in [5.74, 6) is -1.14. The second kappa shape index (κ2) is 4.70. The summed E-state index contributed by atoms with van der Waals surface area (Å²) in [6.45, 7) is 5.32. The van der Waals surface area contributed by atoms with Crippen LogP contribution in [0.5, 0.6) is 0 Å². The third-order valence-electron chi connectivity index (χ3n) is 3.54. The Balaban J connectivity index is 3.30. The van der Waals surface area contributed by atoms with Gasteiger partial charge >= 0.3 is 0 Å². The van der Waals surface area contributed by atoms with Gasteiger partial charge in [0.25, 0.3) is 0 Å². The van der Waals surface area contributed by atoms with Crippen molar-refractivity contribution in [3.8, 4) is 0 Å². The molecule has 0 aliphatic heterocycles. The van der Waals surface area contributed by atoms with Gasteiger partial charge in [0.1, 0.15) is 11.6 Å². The molecule has 0 aromatic heterocycles. The molecule has 4 heteroatoms. The average Bonchev–Trinajstić information content (AvgIpc) is 2.23. The van der Waals surface area contributed by atoms with Gasteiger partial charge in [-0.3, -0.25) is 0 Å². The Kier molecular flexibility index (Phi) is 3.89. The van der Waals surface area contributed by atoms with E-state index < -0.39 is 23.2 Å². The monoisotopic (exact) mass is 242 g/mol. The highest BCUT2D eigenvalue weighted by atomic mass is 19.1. The minimum atomic E-state index is -0.725. The van der Waals surface area contributed by atoms with Crippen molar-refractivity contribution in [3.05, 3.63) is 34.9 Å². The van der Waals surface area contributed by atoms with E-state index in [-0.39, 0.29) is 5.56 Å². The Morgan fingerprint density at radius 3 is 2.24 bits per heavy atom. The molecule has 0 fully saturated rings. The molecule has 0 aliphatic carbocycles. The summed E-state index contributed by atoms with van der Waals surface area (Å²) in [6, 6.07) is 1.96. The molecule has 1 atom stereocenters. The van der Waals surface area contributed by atoms with Crippen molar-refractivity contribution in [2.45, 2.75) is 32.4 Å². The first-order valence-electron chi connectivity index (χ1n) is 5.57. The third kappa shape index (κ3) is 2.48. The summed E-state index contributed by atoms with van der Waals surface area (Å²) in [4.78, 5) is 1.86. The van der Waals surface area contributed by atoms with Crippen LogP contribution in [-0.2, 0) is 0 Å². The van der Waals surface area contributed by atoms with Crippen molar-refractivity contribution >= 4 is 0 Å². The number of nitrogens with zero attached hydrogens (tertiary/aromatic N) is 1.